The lowest BCUT2D eigenvalue weighted by Crippen LogP contribution is -2.32. The van der Waals surface area contributed by atoms with Crippen LogP contribution in [-0.4, -0.2) is 20.3 Å². The van der Waals surface area contributed by atoms with Crippen LogP contribution in [0.3, 0.4) is 0 Å². The van der Waals surface area contributed by atoms with Gasteiger partial charge in [-0.05, 0) is 24.5 Å². The quantitative estimate of drug-likeness (QED) is 0.624. The highest BCUT2D eigenvalue weighted by Crippen LogP contribution is 2.16. The minimum absolute atomic E-state index is 0.956. The molecule has 0 amide bonds. The number of rotatable bonds is 2. The van der Waals surface area contributed by atoms with Gasteiger partial charge in [-0.1, -0.05) is 36.9 Å². The van der Waals surface area contributed by atoms with E-state index in [1.165, 1.54) is 16.6 Å². The smallest absolute Gasteiger partial charge is 0.173 e. The maximum absolute atomic E-state index is 3.79. The van der Waals surface area contributed by atoms with Crippen molar-refractivity contribution in [2.75, 3.05) is 13.0 Å². The van der Waals surface area contributed by atoms with Gasteiger partial charge in [0.15, 0.2) is 7.28 Å². The Morgan fingerprint density at radius 2 is 2.31 bits per heavy atom. The highest BCUT2D eigenvalue weighted by molar-refractivity contribution is 6.47. The third kappa shape index (κ3) is 2.46. The molecule has 2 heteroatoms. The van der Waals surface area contributed by atoms with E-state index in [0.717, 1.165) is 20.3 Å². The average molecular weight is 173 g/mol. The van der Waals surface area contributed by atoms with Crippen molar-refractivity contribution in [3.8, 4) is 0 Å². The molecule has 13 heavy (non-hydrogen) atoms. The summed E-state index contributed by atoms with van der Waals surface area (Å²) < 4.78 is 0. The van der Waals surface area contributed by atoms with Gasteiger partial charge < -0.3 is 5.32 Å². The molecule has 0 radical (unpaired) electrons. The van der Waals surface area contributed by atoms with Gasteiger partial charge in [-0.3, -0.25) is 0 Å². The molecule has 0 spiro atoms. The standard InChI is InChI=1S/C11H16BN/c1-4-6-11-10(9(3)5-2)7-13-8-12-11/h4-6,12-13H,1-2,7-8H2,3H3/b10-9-,11-6+. The first-order valence-electron chi connectivity index (χ1n) is 4.64. The van der Waals surface area contributed by atoms with Crippen LogP contribution in [-0.2, 0) is 0 Å². The Hall–Kier alpha value is -1.02. The van der Waals surface area contributed by atoms with Gasteiger partial charge >= 0.3 is 0 Å². The molecule has 0 atom stereocenters. The fourth-order valence-electron chi connectivity index (χ4n) is 1.54. The van der Waals surface area contributed by atoms with Crippen LogP contribution < -0.4 is 5.32 Å². The third-order valence-corrected chi connectivity index (χ3v) is 2.36. The van der Waals surface area contributed by atoms with E-state index < -0.39 is 0 Å². The molecule has 1 aliphatic heterocycles. The summed E-state index contributed by atoms with van der Waals surface area (Å²) in [5.41, 5.74) is 4.03. The van der Waals surface area contributed by atoms with Crippen LogP contribution in [0.15, 0.2) is 48.0 Å². The van der Waals surface area contributed by atoms with E-state index in [-0.39, 0.29) is 0 Å². The molecule has 0 aliphatic carbocycles. The topological polar surface area (TPSA) is 12.0 Å². The molecule has 68 valence electrons. The summed E-state index contributed by atoms with van der Waals surface area (Å²) in [4.78, 5) is 0. The molecule has 1 fully saturated rings. The van der Waals surface area contributed by atoms with Crippen molar-refractivity contribution in [2.45, 2.75) is 6.92 Å². The predicted molar refractivity (Wildman–Crippen MR) is 61.2 cm³/mol. The highest BCUT2D eigenvalue weighted by Gasteiger charge is 2.12. The normalized spacial score (nSPS) is 23.6. The van der Waals surface area contributed by atoms with E-state index in [9.17, 15) is 0 Å². The van der Waals surface area contributed by atoms with E-state index in [1.54, 1.807) is 0 Å². The zero-order valence-corrected chi connectivity index (χ0v) is 8.27. The first-order chi connectivity index (χ1) is 6.29. The molecular weight excluding hydrogens is 157 g/mol. The lowest BCUT2D eigenvalue weighted by Gasteiger charge is -2.20. The van der Waals surface area contributed by atoms with Gasteiger partial charge in [-0.2, -0.15) is 0 Å². The second kappa shape index (κ2) is 4.88. The molecular formula is C11H16BN. The Balaban J connectivity index is 2.97. The van der Waals surface area contributed by atoms with Crippen molar-refractivity contribution in [1.29, 1.82) is 0 Å². The van der Waals surface area contributed by atoms with Crippen LogP contribution in [0, 0.1) is 0 Å². The lowest BCUT2D eigenvalue weighted by atomic mass is 9.63. The van der Waals surface area contributed by atoms with Crippen LogP contribution in [0.2, 0.25) is 0 Å². The third-order valence-electron chi connectivity index (χ3n) is 2.36. The van der Waals surface area contributed by atoms with Crippen LogP contribution in [0.25, 0.3) is 0 Å². The van der Waals surface area contributed by atoms with Crippen LogP contribution in [0.1, 0.15) is 6.92 Å². The summed E-state index contributed by atoms with van der Waals surface area (Å²) >= 11 is 0. The minimum Gasteiger partial charge on any atom is -0.320 e. The minimum atomic E-state index is 0.956. The maximum Gasteiger partial charge on any atom is 0.173 e. The van der Waals surface area contributed by atoms with Crippen LogP contribution in [0.5, 0.6) is 0 Å². The Morgan fingerprint density at radius 1 is 1.54 bits per heavy atom. The van der Waals surface area contributed by atoms with Crippen molar-refractivity contribution >= 4 is 7.28 Å². The van der Waals surface area contributed by atoms with Crippen molar-refractivity contribution in [3.63, 3.8) is 0 Å². The van der Waals surface area contributed by atoms with Crippen molar-refractivity contribution < 1.29 is 0 Å². The summed E-state index contributed by atoms with van der Waals surface area (Å²) in [5, 5.41) is 3.36. The van der Waals surface area contributed by atoms with Crippen molar-refractivity contribution in [3.05, 3.63) is 48.0 Å². The van der Waals surface area contributed by atoms with Crippen molar-refractivity contribution in [2.24, 2.45) is 0 Å². The molecule has 0 bridgehead atoms. The summed E-state index contributed by atoms with van der Waals surface area (Å²) in [7, 11) is 1.09. The monoisotopic (exact) mass is 173 g/mol. The first kappa shape index (κ1) is 10.1. The van der Waals surface area contributed by atoms with E-state index in [0.29, 0.717) is 0 Å². The second-order valence-electron chi connectivity index (χ2n) is 3.22. The van der Waals surface area contributed by atoms with Gasteiger partial charge in [0.2, 0.25) is 0 Å². The number of hydrogen-bond acceptors (Lipinski definition) is 1. The second-order valence-corrected chi connectivity index (χ2v) is 3.22. The molecule has 1 rings (SSSR count). The average Bonchev–Trinajstić information content (AvgIpc) is 2.18. The predicted octanol–water partition coefficient (Wildman–Crippen LogP) is 1.56. The van der Waals surface area contributed by atoms with Crippen LogP contribution in [0.4, 0.5) is 0 Å². The fourth-order valence-corrected chi connectivity index (χ4v) is 1.54. The Labute approximate surface area is 81.2 Å². The van der Waals surface area contributed by atoms with E-state index >= 15 is 0 Å². The highest BCUT2D eigenvalue weighted by atomic mass is 14.8. The molecule has 0 saturated carbocycles. The molecule has 1 N–H and O–H groups in total. The van der Waals surface area contributed by atoms with Gasteiger partial charge in [0.05, 0.1) is 0 Å². The maximum atomic E-state index is 3.79. The zero-order valence-electron chi connectivity index (χ0n) is 8.27. The fraction of sp³-hybridized carbons (Fsp3) is 0.273. The zero-order chi connectivity index (χ0) is 9.68. The first-order valence-corrected chi connectivity index (χ1v) is 4.64. The number of allylic oxidation sites excluding steroid dienone is 4. The molecule has 0 aromatic rings. The van der Waals surface area contributed by atoms with E-state index in [4.69, 9.17) is 0 Å². The molecule has 1 nitrogen and oxygen atoms in total. The SMILES string of the molecule is C=C/C=C1/BCNC/C1=C(\C)C=C. The lowest BCUT2D eigenvalue weighted by molar-refractivity contribution is 0.833. The Kier molecular flexibility index (Phi) is 3.78. The summed E-state index contributed by atoms with van der Waals surface area (Å²) in [6.45, 7) is 10.6. The Bertz CT molecular complexity index is 274. The molecule has 1 saturated heterocycles. The number of hydrogen-bond donors (Lipinski definition) is 1. The van der Waals surface area contributed by atoms with E-state index in [2.05, 4.69) is 31.5 Å². The van der Waals surface area contributed by atoms with E-state index in [1.807, 2.05) is 12.2 Å². The summed E-state index contributed by atoms with van der Waals surface area (Å²) in [5.74, 6) is 0. The van der Waals surface area contributed by atoms with Gasteiger partial charge in [0, 0.05) is 6.54 Å². The Morgan fingerprint density at radius 3 is 2.92 bits per heavy atom. The molecule has 0 aromatic carbocycles. The summed E-state index contributed by atoms with van der Waals surface area (Å²) in [6.07, 6.45) is 6.94. The van der Waals surface area contributed by atoms with Gasteiger partial charge in [0.1, 0.15) is 0 Å². The van der Waals surface area contributed by atoms with Gasteiger partial charge in [0.25, 0.3) is 0 Å². The largest absolute Gasteiger partial charge is 0.320 e. The molecule has 0 unspecified atom stereocenters. The molecule has 0 aromatic heterocycles. The number of nitrogens with one attached hydrogen (secondary N) is 1. The summed E-state index contributed by atoms with van der Waals surface area (Å²) in [6, 6.07) is 0. The van der Waals surface area contributed by atoms with Gasteiger partial charge in [-0.25, -0.2) is 0 Å². The molecule has 1 aliphatic rings. The van der Waals surface area contributed by atoms with Gasteiger partial charge in [-0.15, -0.1) is 0 Å². The van der Waals surface area contributed by atoms with Crippen LogP contribution >= 0.6 is 0 Å². The molecule has 1 heterocycles. The van der Waals surface area contributed by atoms with Crippen molar-refractivity contribution in [1.82, 2.24) is 5.32 Å².